The summed E-state index contributed by atoms with van der Waals surface area (Å²) in [5.41, 5.74) is 5.15. The van der Waals surface area contributed by atoms with Gasteiger partial charge in [-0.2, -0.15) is 0 Å². The Kier molecular flexibility index (Phi) is 3.75. The van der Waals surface area contributed by atoms with Crippen molar-refractivity contribution in [3.05, 3.63) is 0 Å². The second kappa shape index (κ2) is 5.16. The van der Waals surface area contributed by atoms with Crippen molar-refractivity contribution in [3.63, 3.8) is 0 Å². The van der Waals surface area contributed by atoms with Gasteiger partial charge < -0.3 is 20.0 Å². The van der Waals surface area contributed by atoms with Crippen molar-refractivity contribution in [1.82, 2.24) is 0 Å². The molecule has 1 fully saturated rings. The summed E-state index contributed by atoms with van der Waals surface area (Å²) in [7, 11) is 0. The largest absolute Gasteiger partial charge is 0.465 e. The van der Waals surface area contributed by atoms with Crippen molar-refractivity contribution >= 4 is 17.7 Å². The lowest BCUT2D eigenvalue weighted by Gasteiger charge is -2.21. The van der Waals surface area contributed by atoms with Gasteiger partial charge in [0, 0.05) is 6.42 Å². The number of nitrogens with two attached hydrogens (primary N) is 1. The van der Waals surface area contributed by atoms with E-state index < -0.39 is 17.5 Å². The average molecular weight is 270 g/mol. The zero-order chi connectivity index (χ0) is 14.0. The van der Waals surface area contributed by atoms with E-state index in [1.165, 1.54) is 0 Å². The van der Waals surface area contributed by atoms with Gasteiger partial charge in [0.1, 0.15) is 11.6 Å². The highest BCUT2D eigenvalue weighted by molar-refractivity contribution is 6.37. The van der Waals surface area contributed by atoms with Gasteiger partial charge in [-0.15, -0.1) is 0 Å². The maximum absolute atomic E-state index is 11.8. The zero-order valence-electron chi connectivity index (χ0n) is 11.0. The van der Waals surface area contributed by atoms with Gasteiger partial charge >= 0.3 is 11.9 Å². The van der Waals surface area contributed by atoms with E-state index >= 15 is 0 Å². The van der Waals surface area contributed by atoms with Gasteiger partial charge in [-0.05, 0) is 20.3 Å². The molecule has 0 aromatic carbocycles. The first-order valence-corrected chi connectivity index (χ1v) is 6.38. The van der Waals surface area contributed by atoms with Crippen LogP contribution in [0.4, 0.5) is 0 Å². The number of oxime groups is 1. The smallest absolute Gasteiger partial charge is 0.356 e. The maximum Gasteiger partial charge on any atom is 0.356 e. The fourth-order valence-electron chi connectivity index (χ4n) is 2.52. The summed E-state index contributed by atoms with van der Waals surface area (Å²) in [4.78, 5) is 28.7. The Bertz CT molecular complexity index is 422. The van der Waals surface area contributed by atoms with Gasteiger partial charge in [0.25, 0.3) is 0 Å². The number of hydrogen-bond donors (Lipinski definition) is 1. The van der Waals surface area contributed by atoms with Gasteiger partial charge in [0.15, 0.2) is 5.71 Å². The van der Waals surface area contributed by atoms with E-state index in [0.717, 1.165) is 0 Å². The summed E-state index contributed by atoms with van der Waals surface area (Å²) in [6.07, 6.45) is 0.227. The monoisotopic (exact) mass is 270 g/mol. The highest BCUT2D eigenvalue weighted by Crippen LogP contribution is 2.40. The molecule has 0 bridgehead atoms. The molecule has 0 radical (unpaired) electrons. The molecule has 106 valence electrons. The van der Waals surface area contributed by atoms with E-state index in [-0.39, 0.29) is 37.4 Å². The SMILES string of the molecule is CCOC(=O)C1=NO[C@H]2C[C@](N)(C(=O)OCC)C[C@@H]12. The second-order valence-electron chi connectivity index (χ2n) is 4.73. The molecule has 2 aliphatic rings. The molecule has 1 aliphatic carbocycles. The first-order valence-electron chi connectivity index (χ1n) is 6.38. The molecule has 0 unspecified atom stereocenters. The molecule has 0 saturated heterocycles. The summed E-state index contributed by atoms with van der Waals surface area (Å²) in [5, 5.41) is 3.74. The predicted octanol–water partition coefficient (Wildman–Crippen LogP) is -0.0251. The lowest BCUT2D eigenvalue weighted by atomic mass is 9.95. The number of nitrogens with zero attached hydrogens (tertiary/aromatic N) is 1. The molecule has 7 heteroatoms. The molecule has 3 atom stereocenters. The number of fused-ring (bicyclic) bond motifs is 1. The van der Waals surface area contributed by atoms with Crippen molar-refractivity contribution in [1.29, 1.82) is 0 Å². The van der Waals surface area contributed by atoms with Crippen LogP contribution in [0.3, 0.4) is 0 Å². The van der Waals surface area contributed by atoms with Gasteiger partial charge in [-0.3, -0.25) is 4.79 Å². The number of carbonyl (C=O) groups excluding carboxylic acids is 2. The molecule has 19 heavy (non-hydrogen) atoms. The first-order chi connectivity index (χ1) is 9.01. The number of ether oxygens (including phenoxy) is 2. The average Bonchev–Trinajstić information content (AvgIpc) is 2.86. The topological polar surface area (TPSA) is 100 Å². The normalized spacial score (nSPS) is 32.3. The van der Waals surface area contributed by atoms with Gasteiger partial charge in [-0.1, -0.05) is 5.16 Å². The molecule has 0 aromatic rings. The molecule has 7 nitrogen and oxygen atoms in total. The third-order valence-corrected chi connectivity index (χ3v) is 3.40. The molecular weight excluding hydrogens is 252 g/mol. The van der Waals surface area contributed by atoms with E-state index in [2.05, 4.69) is 5.16 Å². The molecule has 1 aliphatic heterocycles. The van der Waals surface area contributed by atoms with Crippen LogP contribution in [0.1, 0.15) is 26.7 Å². The lowest BCUT2D eigenvalue weighted by Crippen LogP contribution is -2.47. The van der Waals surface area contributed by atoms with Crippen LogP contribution in [0.5, 0.6) is 0 Å². The van der Waals surface area contributed by atoms with Crippen molar-refractivity contribution < 1.29 is 23.9 Å². The van der Waals surface area contributed by atoms with Crippen molar-refractivity contribution in [3.8, 4) is 0 Å². The third kappa shape index (κ3) is 2.42. The minimum absolute atomic E-state index is 0.212. The zero-order valence-corrected chi connectivity index (χ0v) is 11.0. The number of carbonyl (C=O) groups is 2. The summed E-state index contributed by atoms with van der Waals surface area (Å²) < 4.78 is 9.87. The molecule has 0 spiro atoms. The Hall–Kier alpha value is -1.63. The van der Waals surface area contributed by atoms with Crippen LogP contribution < -0.4 is 5.73 Å². The minimum atomic E-state index is -1.11. The highest BCUT2D eigenvalue weighted by Gasteiger charge is 2.55. The van der Waals surface area contributed by atoms with Crippen LogP contribution in [0.2, 0.25) is 0 Å². The number of hydrogen-bond acceptors (Lipinski definition) is 7. The van der Waals surface area contributed by atoms with E-state index in [4.69, 9.17) is 20.0 Å². The summed E-state index contributed by atoms with van der Waals surface area (Å²) in [6.45, 7) is 3.97. The number of esters is 2. The predicted molar refractivity (Wildman–Crippen MR) is 65.2 cm³/mol. The van der Waals surface area contributed by atoms with Crippen LogP contribution in [-0.2, 0) is 23.9 Å². The Balaban J connectivity index is 2.08. The van der Waals surface area contributed by atoms with Crippen molar-refractivity contribution in [2.75, 3.05) is 13.2 Å². The van der Waals surface area contributed by atoms with E-state index in [1.807, 2.05) is 0 Å². The third-order valence-electron chi connectivity index (χ3n) is 3.40. The summed E-state index contributed by atoms with van der Waals surface area (Å²) in [5.74, 6) is -1.27. The van der Waals surface area contributed by atoms with Crippen molar-refractivity contribution in [2.24, 2.45) is 16.8 Å². The quantitative estimate of drug-likeness (QED) is 0.720. The lowest BCUT2D eigenvalue weighted by molar-refractivity contribution is -0.150. The Labute approximate surface area is 111 Å². The Morgan fingerprint density at radius 2 is 2.05 bits per heavy atom. The van der Waals surface area contributed by atoms with Crippen LogP contribution in [-0.4, -0.2) is 42.5 Å². The molecular formula is C12H18N2O5. The molecule has 2 rings (SSSR count). The fraction of sp³-hybridized carbons (Fsp3) is 0.750. The molecule has 1 heterocycles. The highest BCUT2D eigenvalue weighted by atomic mass is 16.6. The first kappa shape index (κ1) is 13.8. The van der Waals surface area contributed by atoms with Gasteiger partial charge in [0.2, 0.25) is 0 Å². The summed E-state index contributed by atoms with van der Waals surface area (Å²) >= 11 is 0. The second-order valence-corrected chi connectivity index (χ2v) is 4.73. The van der Waals surface area contributed by atoms with Crippen LogP contribution in [0.25, 0.3) is 0 Å². The Morgan fingerprint density at radius 3 is 2.68 bits per heavy atom. The minimum Gasteiger partial charge on any atom is -0.465 e. The molecule has 2 N–H and O–H groups in total. The van der Waals surface area contributed by atoms with Crippen LogP contribution in [0.15, 0.2) is 5.16 Å². The number of rotatable bonds is 4. The van der Waals surface area contributed by atoms with E-state index in [0.29, 0.717) is 6.42 Å². The standard InChI is InChI=1S/C12H18N2O5/c1-3-17-10(15)9-7-5-12(13,11(16)18-4-2)6-8(7)19-14-9/h7-8H,3-6,13H2,1-2H3/t7-,8+,12+/m1/s1. The summed E-state index contributed by atoms with van der Waals surface area (Å²) in [6, 6.07) is 0. The molecule has 1 saturated carbocycles. The fourth-order valence-corrected chi connectivity index (χ4v) is 2.52. The Morgan fingerprint density at radius 1 is 1.37 bits per heavy atom. The van der Waals surface area contributed by atoms with Crippen LogP contribution >= 0.6 is 0 Å². The van der Waals surface area contributed by atoms with Gasteiger partial charge in [-0.25, -0.2) is 4.79 Å². The van der Waals surface area contributed by atoms with Gasteiger partial charge in [0.05, 0.1) is 19.1 Å². The molecule has 0 aromatic heterocycles. The maximum atomic E-state index is 11.8. The van der Waals surface area contributed by atoms with E-state index in [9.17, 15) is 9.59 Å². The van der Waals surface area contributed by atoms with Crippen molar-refractivity contribution in [2.45, 2.75) is 38.3 Å². The van der Waals surface area contributed by atoms with E-state index in [1.54, 1.807) is 13.8 Å². The van der Waals surface area contributed by atoms with Crippen LogP contribution in [0, 0.1) is 5.92 Å². The molecule has 0 amide bonds.